The number of carbonyl (C=O) groups excluding carboxylic acids is 4. The Morgan fingerprint density at radius 2 is 1.92 bits per heavy atom. The first kappa shape index (κ1) is 25.0. The van der Waals surface area contributed by atoms with Gasteiger partial charge in [0.05, 0.1) is 12.6 Å². The van der Waals surface area contributed by atoms with Crippen LogP contribution < -0.4 is 5.32 Å². The zero-order chi connectivity index (χ0) is 27.1. The normalized spacial score (nSPS) is 19.4. The monoisotopic (exact) mass is 542 g/mol. The summed E-state index contributed by atoms with van der Waals surface area (Å²) in [5.74, 6) is -1.19. The van der Waals surface area contributed by atoms with Crippen LogP contribution in [0.3, 0.4) is 0 Å². The van der Waals surface area contributed by atoms with Crippen molar-refractivity contribution in [2.24, 2.45) is 0 Å². The molecule has 3 aromatic heterocycles. The molecule has 198 valence electrons. The highest BCUT2D eigenvalue weighted by molar-refractivity contribution is 7.09. The molecule has 2 fully saturated rings. The number of benzene rings is 1. The van der Waals surface area contributed by atoms with Gasteiger partial charge in [0, 0.05) is 35.0 Å². The first-order valence-electron chi connectivity index (χ1n) is 12.8. The number of hydrogen-bond acceptors (Lipinski definition) is 7. The number of amides is 3. The van der Waals surface area contributed by atoms with E-state index in [0.29, 0.717) is 24.1 Å². The second-order valence-corrected chi connectivity index (χ2v) is 10.8. The quantitative estimate of drug-likeness (QED) is 0.400. The van der Waals surface area contributed by atoms with Gasteiger partial charge >= 0.3 is 0 Å². The second kappa shape index (κ2) is 10.1. The Hall–Kier alpha value is -4.31. The molecule has 0 bridgehead atoms. The van der Waals surface area contributed by atoms with Crippen LogP contribution in [0, 0.1) is 6.92 Å². The predicted molar refractivity (Wildman–Crippen MR) is 144 cm³/mol. The summed E-state index contributed by atoms with van der Waals surface area (Å²) in [5, 5.41) is 5.63. The summed E-state index contributed by atoms with van der Waals surface area (Å²) < 4.78 is 5.83. The number of nitrogens with one attached hydrogen (secondary N) is 1. The molecule has 2 saturated heterocycles. The number of rotatable bonds is 6. The lowest BCUT2D eigenvalue weighted by molar-refractivity contribution is -0.138. The van der Waals surface area contributed by atoms with Crippen LogP contribution in [0.1, 0.15) is 37.9 Å². The number of para-hydroxylation sites is 1. The minimum atomic E-state index is -0.907. The zero-order valence-corrected chi connectivity index (χ0v) is 22.0. The Labute approximate surface area is 228 Å². The molecule has 0 aliphatic carbocycles. The third-order valence-electron chi connectivity index (χ3n) is 7.49. The molecule has 6 rings (SSSR count). The molecule has 0 saturated carbocycles. The van der Waals surface area contributed by atoms with Crippen LogP contribution >= 0.6 is 11.3 Å². The topological polar surface area (TPSA) is 113 Å². The molecule has 2 aliphatic heterocycles. The van der Waals surface area contributed by atoms with Gasteiger partial charge < -0.3 is 19.5 Å². The average molecular weight is 543 g/mol. The van der Waals surface area contributed by atoms with Gasteiger partial charge in [0.1, 0.15) is 23.4 Å². The van der Waals surface area contributed by atoms with Gasteiger partial charge in [0.15, 0.2) is 11.5 Å². The summed E-state index contributed by atoms with van der Waals surface area (Å²) in [6.45, 7) is 2.05. The summed E-state index contributed by atoms with van der Waals surface area (Å²) in [7, 11) is 0. The molecule has 0 radical (unpaired) electrons. The lowest BCUT2D eigenvalue weighted by Gasteiger charge is -2.28. The summed E-state index contributed by atoms with van der Waals surface area (Å²) in [6, 6.07) is 14.2. The lowest BCUT2D eigenvalue weighted by atomic mass is 10.1. The van der Waals surface area contributed by atoms with E-state index in [9.17, 15) is 19.2 Å². The molecule has 1 aromatic carbocycles. The van der Waals surface area contributed by atoms with E-state index >= 15 is 0 Å². The SMILES string of the molecule is Cc1c(C(=O)NC(Cc2cccs2)C(=O)N2CCC3C2C(=O)CN3C(=O)c2ccccn2)oc2ccccc12. The third kappa shape index (κ3) is 4.50. The third-order valence-corrected chi connectivity index (χ3v) is 8.39. The Morgan fingerprint density at radius 1 is 1.10 bits per heavy atom. The van der Waals surface area contributed by atoms with Crippen molar-refractivity contribution < 1.29 is 23.6 Å². The minimum absolute atomic E-state index is 0.0748. The van der Waals surface area contributed by atoms with Crippen molar-refractivity contribution in [2.75, 3.05) is 13.1 Å². The number of ketones is 1. The highest BCUT2D eigenvalue weighted by Crippen LogP contribution is 2.32. The molecule has 5 heterocycles. The molecule has 3 unspecified atom stereocenters. The van der Waals surface area contributed by atoms with Crippen LogP contribution in [0.4, 0.5) is 0 Å². The van der Waals surface area contributed by atoms with Gasteiger partial charge in [-0.25, -0.2) is 0 Å². The zero-order valence-electron chi connectivity index (χ0n) is 21.2. The second-order valence-electron chi connectivity index (χ2n) is 9.81. The van der Waals surface area contributed by atoms with Gasteiger partial charge in [-0.2, -0.15) is 0 Å². The van der Waals surface area contributed by atoms with Crippen LogP contribution in [-0.2, 0) is 16.0 Å². The van der Waals surface area contributed by atoms with Crippen LogP contribution in [0.5, 0.6) is 0 Å². The van der Waals surface area contributed by atoms with E-state index in [4.69, 9.17) is 4.42 Å². The standard InChI is InChI=1S/C29H26N4O5S/c1-17-19-8-2-3-10-24(19)38-26(17)27(35)31-21(15-18-7-6-14-39-18)29(37)32-13-11-22-25(32)23(34)16-33(22)28(36)20-9-4-5-12-30-20/h2-10,12,14,21-22,25H,11,13,15-16H2,1H3,(H,31,35). The van der Waals surface area contributed by atoms with E-state index in [1.807, 2.05) is 42.6 Å². The number of aryl methyl sites for hydroxylation is 1. The number of thiophene rings is 1. The molecule has 3 amide bonds. The van der Waals surface area contributed by atoms with Crippen molar-refractivity contribution in [1.82, 2.24) is 20.1 Å². The first-order chi connectivity index (χ1) is 18.9. The van der Waals surface area contributed by atoms with Gasteiger partial charge in [-0.15, -0.1) is 11.3 Å². The molecule has 4 aromatic rings. The predicted octanol–water partition coefficient (Wildman–Crippen LogP) is 3.23. The molecule has 10 heteroatoms. The van der Waals surface area contributed by atoms with Gasteiger partial charge in [0.2, 0.25) is 5.91 Å². The fourth-order valence-corrected chi connectivity index (χ4v) is 6.37. The van der Waals surface area contributed by atoms with Gasteiger partial charge in [-0.1, -0.05) is 30.3 Å². The largest absolute Gasteiger partial charge is 0.451 e. The van der Waals surface area contributed by atoms with E-state index in [1.165, 1.54) is 27.3 Å². The Kier molecular flexibility index (Phi) is 6.48. The number of aromatic nitrogens is 1. The van der Waals surface area contributed by atoms with Crippen molar-refractivity contribution in [3.63, 3.8) is 0 Å². The van der Waals surface area contributed by atoms with E-state index in [-0.39, 0.29) is 42.0 Å². The molecule has 2 aliphatic rings. The Balaban J connectivity index is 1.25. The number of nitrogens with zero attached hydrogens (tertiary/aromatic N) is 3. The maximum Gasteiger partial charge on any atom is 0.287 e. The fraction of sp³-hybridized carbons (Fsp3) is 0.276. The van der Waals surface area contributed by atoms with Crippen molar-refractivity contribution in [1.29, 1.82) is 0 Å². The summed E-state index contributed by atoms with van der Waals surface area (Å²) in [6.07, 6.45) is 2.29. The molecule has 39 heavy (non-hydrogen) atoms. The van der Waals surface area contributed by atoms with E-state index < -0.39 is 24.0 Å². The van der Waals surface area contributed by atoms with Crippen molar-refractivity contribution >= 4 is 45.8 Å². The number of hydrogen-bond donors (Lipinski definition) is 1. The number of likely N-dealkylation sites (tertiary alicyclic amines) is 2. The maximum atomic E-state index is 13.9. The maximum absolute atomic E-state index is 13.9. The number of fused-ring (bicyclic) bond motifs is 2. The van der Waals surface area contributed by atoms with E-state index in [1.54, 1.807) is 24.3 Å². The van der Waals surface area contributed by atoms with Crippen LogP contribution in [0.2, 0.25) is 0 Å². The summed E-state index contributed by atoms with van der Waals surface area (Å²) in [4.78, 5) is 61.7. The fourth-order valence-electron chi connectivity index (χ4n) is 5.62. The number of pyridine rings is 1. The highest BCUT2D eigenvalue weighted by Gasteiger charge is 2.52. The molecule has 0 spiro atoms. The summed E-state index contributed by atoms with van der Waals surface area (Å²) in [5.41, 5.74) is 1.55. The number of Topliss-reactive ketones (excluding diaryl/α,β-unsaturated/α-hetero) is 1. The molecule has 3 atom stereocenters. The van der Waals surface area contributed by atoms with Crippen molar-refractivity contribution in [3.05, 3.63) is 88.1 Å². The molecule has 9 nitrogen and oxygen atoms in total. The van der Waals surface area contributed by atoms with E-state index in [0.717, 1.165) is 10.3 Å². The minimum Gasteiger partial charge on any atom is -0.451 e. The lowest BCUT2D eigenvalue weighted by Crippen LogP contribution is -2.53. The smallest absolute Gasteiger partial charge is 0.287 e. The van der Waals surface area contributed by atoms with Crippen molar-refractivity contribution in [2.45, 2.75) is 37.9 Å². The highest BCUT2D eigenvalue weighted by atomic mass is 32.1. The number of furan rings is 1. The molecule has 1 N–H and O–H groups in total. The Bertz CT molecular complexity index is 1570. The Morgan fingerprint density at radius 3 is 2.67 bits per heavy atom. The van der Waals surface area contributed by atoms with Crippen LogP contribution in [-0.4, -0.2) is 69.5 Å². The first-order valence-corrected chi connectivity index (χ1v) is 13.7. The number of carbonyl (C=O) groups is 4. The van der Waals surface area contributed by atoms with Gasteiger partial charge in [0.25, 0.3) is 11.8 Å². The average Bonchev–Trinajstić information content (AvgIpc) is 3.74. The van der Waals surface area contributed by atoms with Crippen molar-refractivity contribution in [3.8, 4) is 0 Å². The van der Waals surface area contributed by atoms with Crippen LogP contribution in [0.25, 0.3) is 11.0 Å². The van der Waals surface area contributed by atoms with Gasteiger partial charge in [-0.3, -0.25) is 24.2 Å². The van der Waals surface area contributed by atoms with Gasteiger partial charge in [-0.05, 0) is 43.0 Å². The van der Waals surface area contributed by atoms with E-state index in [2.05, 4.69) is 10.3 Å². The molecular weight excluding hydrogens is 516 g/mol. The van der Waals surface area contributed by atoms with Crippen LogP contribution in [0.15, 0.2) is 70.6 Å². The summed E-state index contributed by atoms with van der Waals surface area (Å²) >= 11 is 1.49. The molecular formula is C29H26N4O5S.